The van der Waals surface area contributed by atoms with Crippen molar-refractivity contribution >= 4 is 39.0 Å². The minimum atomic E-state index is -3.33. The highest BCUT2D eigenvalue weighted by molar-refractivity contribution is 7.93. The lowest BCUT2D eigenvalue weighted by Crippen LogP contribution is -2.42. The lowest BCUT2D eigenvalue weighted by atomic mass is 9.89. The Kier molecular flexibility index (Phi) is 7.83. The molecule has 2 aromatic rings. The Morgan fingerprint density at radius 2 is 1.89 bits per heavy atom. The number of pyridine rings is 1. The third-order valence-corrected chi connectivity index (χ3v) is 7.14. The Hall–Kier alpha value is -3.61. The van der Waals surface area contributed by atoms with Crippen molar-refractivity contribution in [2.45, 2.75) is 57.7 Å². The van der Waals surface area contributed by atoms with Crippen molar-refractivity contribution in [3.63, 3.8) is 0 Å². The molecule has 1 aromatic carbocycles. The fourth-order valence-electron chi connectivity index (χ4n) is 3.91. The van der Waals surface area contributed by atoms with Gasteiger partial charge in [0.2, 0.25) is 17.6 Å². The molecule has 10 nitrogen and oxygen atoms in total. The molecule has 3 rings (SSSR count). The van der Waals surface area contributed by atoms with Gasteiger partial charge in [-0.15, -0.1) is 4.36 Å². The van der Waals surface area contributed by atoms with Crippen LogP contribution in [0.5, 0.6) is 5.75 Å². The minimum Gasteiger partial charge on any atom is -0.491 e. The zero-order valence-electron chi connectivity index (χ0n) is 22.1. The van der Waals surface area contributed by atoms with Crippen LogP contribution >= 0.6 is 0 Å². The summed E-state index contributed by atoms with van der Waals surface area (Å²) in [6.45, 7) is 8.19. The van der Waals surface area contributed by atoms with E-state index in [1.54, 1.807) is 34.6 Å². The van der Waals surface area contributed by atoms with Gasteiger partial charge >= 0.3 is 6.09 Å². The number of hydrogen-bond acceptors (Lipinski definition) is 7. The summed E-state index contributed by atoms with van der Waals surface area (Å²) in [5.74, 6) is -4.08. The number of amides is 3. The Morgan fingerprint density at radius 3 is 2.50 bits per heavy atom. The summed E-state index contributed by atoms with van der Waals surface area (Å²) in [5, 5.41) is 2.56. The van der Waals surface area contributed by atoms with E-state index in [1.165, 1.54) is 30.7 Å². The molecule has 0 bridgehead atoms. The van der Waals surface area contributed by atoms with Crippen LogP contribution in [0.4, 0.5) is 25.0 Å². The summed E-state index contributed by atoms with van der Waals surface area (Å²) in [7, 11) is -2.20. The number of methoxy groups -OCH3 is 1. The minimum absolute atomic E-state index is 0.0657. The van der Waals surface area contributed by atoms with Crippen LogP contribution in [0.1, 0.15) is 41.0 Å². The highest BCUT2D eigenvalue weighted by Gasteiger charge is 2.50. The zero-order chi connectivity index (χ0) is 28.6. The zero-order valence-corrected chi connectivity index (χ0v) is 22.9. The second kappa shape index (κ2) is 10.3. The molecular weight excluding hydrogens is 522 g/mol. The normalized spacial score (nSPS) is 18.5. The average molecular weight is 553 g/mol. The standard InChI is InChI=1S/C25H30F2N4O6S/c1-24(2,3)37-23(34)30-38(7,35)18-12-14(10-11-28-18)29-21(32)17-13-25(4,5)22(33)31(17)16-9-8-15(26)19(27)20(16)36-6/h8-12,17H,13H2,1-7H3,(H,28,29,32)/t17?,38-/m1/s1. The number of aromatic nitrogens is 1. The summed E-state index contributed by atoms with van der Waals surface area (Å²) < 4.78 is 55.1. The Labute approximate surface area is 219 Å². The number of anilines is 2. The highest BCUT2D eigenvalue weighted by atomic mass is 32.2. The fourth-order valence-corrected chi connectivity index (χ4v) is 4.93. The van der Waals surface area contributed by atoms with Crippen LogP contribution in [0.3, 0.4) is 0 Å². The van der Waals surface area contributed by atoms with Gasteiger partial charge in [-0.3, -0.25) is 14.5 Å². The van der Waals surface area contributed by atoms with Gasteiger partial charge in [0.15, 0.2) is 11.6 Å². The maximum absolute atomic E-state index is 14.4. The van der Waals surface area contributed by atoms with Gasteiger partial charge in [-0.2, -0.15) is 4.39 Å². The highest BCUT2D eigenvalue weighted by Crippen LogP contribution is 2.43. The predicted octanol–water partition coefficient (Wildman–Crippen LogP) is 4.53. The molecule has 2 atom stereocenters. The molecule has 38 heavy (non-hydrogen) atoms. The van der Waals surface area contributed by atoms with E-state index in [-0.39, 0.29) is 22.8 Å². The van der Waals surface area contributed by atoms with Gasteiger partial charge in [0.1, 0.15) is 26.4 Å². The Bertz CT molecular complexity index is 1410. The van der Waals surface area contributed by atoms with Gasteiger partial charge in [-0.05, 0) is 51.5 Å². The number of carbonyl (C=O) groups is 3. The van der Waals surface area contributed by atoms with E-state index < -0.39 is 62.1 Å². The first-order chi connectivity index (χ1) is 17.5. The maximum atomic E-state index is 14.4. The van der Waals surface area contributed by atoms with Crippen molar-refractivity contribution in [3.05, 3.63) is 42.1 Å². The smallest absolute Gasteiger partial charge is 0.442 e. The van der Waals surface area contributed by atoms with E-state index in [1.807, 2.05) is 0 Å². The van der Waals surface area contributed by atoms with E-state index in [2.05, 4.69) is 14.7 Å². The number of benzene rings is 1. The second-order valence-corrected chi connectivity index (χ2v) is 12.6. The SMILES string of the molecule is COc1c(N2C(=O)C(C)(C)CC2C(=O)Nc2ccnc([S@@](C)(=O)=NC(=O)OC(C)(C)C)c2)ccc(F)c1F. The van der Waals surface area contributed by atoms with Crippen molar-refractivity contribution < 1.29 is 36.8 Å². The summed E-state index contributed by atoms with van der Waals surface area (Å²) in [6.07, 6.45) is 1.53. The fraction of sp³-hybridized carbons (Fsp3) is 0.440. The molecule has 1 aromatic heterocycles. The van der Waals surface area contributed by atoms with E-state index >= 15 is 0 Å². The van der Waals surface area contributed by atoms with Crippen LogP contribution < -0.4 is 15.0 Å². The molecule has 0 saturated carbocycles. The van der Waals surface area contributed by atoms with E-state index in [0.29, 0.717) is 0 Å². The third kappa shape index (κ3) is 6.09. The molecule has 0 spiro atoms. The van der Waals surface area contributed by atoms with E-state index in [0.717, 1.165) is 18.1 Å². The molecule has 13 heteroatoms. The monoisotopic (exact) mass is 552 g/mol. The molecule has 1 fully saturated rings. The molecule has 0 aliphatic carbocycles. The Balaban J connectivity index is 1.94. The third-order valence-electron chi connectivity index (χ3n) is 5.64. The number of halogens is 2. The number of carbonyl (C=O) groups excluding carboxylic acids is 3. The predicted molar refractivity (Wildman–Crippen MR) is 136 cm³/mol. The first kappa shape index (κ1) is 29.0. The van der Waals surface area contributed by atoms with Gasteiger partial charge < -0.3 is 14.8 Å². The molecule has 0 radical (unpaired) electrons. The van der Waals surface area contributed by atoms with Gasteiger partial charge in [-0.25, -0.2) is 18.4 Å². The molecule has 1 saturated heterocycles. The number of hydrogen-bond donors (Lipinski definition) is 1. The van der Waals surface area contributed by atoms with Crippen LogP contribution in [0.2, 0.25) is 0 Å². The topological polar surface area (TPSA) is 127 Å². The van der Waals surface area contributed by atoms with Crippen molar-refractivity contribution in [1.82, 2.24) is 4.98 Å². The van der Waals surface area contributed by atoms with Gasteiger partial charge in [0.05, 0.1) is 12.8 Å². The van der Waals surface area contributed by atoms with Crippen LogP contribution in [0.25, 0.3) is 0 Å². The second-order valence-electron chi connectivity index (χ2n) is 10.4. The summed E-state index contributed by atoms with van der Waals surface area (Å²) in [5.41, 5.74) is -1.76. The van der Waals surface area contributed by atoms with E-state index in [4.69, 9.17) is 9.47 Å². The Morgan fingerprint density at radius 1 is 1.24 bits per heavy atom. The number of rotatable bonds is 5. The van der Waals surface area contributed by atoms with Crippen molar-refractivity contribution in [3.8, 4) is 5.75 Å². The van der Waals surface area contributed by atoms with Crippen LogP contribution in [-0.2, 0) is 24.1 Å². The van der Waals surface area contributed by atoms with Crippen molar-refractivity contribution in [1.29, 1.82) is 0 Å². The number of ether oxygens (including phenoxy) is 2. The quantitative estimate of drug-likeness (QED) is 0.577. The molecule has 3 amide bonds. The van der Waals surface area contributed by atoms with Gasteiger partial charge in [0, 0.05) is 23.6 Å². The van der Waals surface area contributed by atoms with Crippen LogP contribution in [-0.4, -0.2) is 52.1 Å². The lowest BCUT2D eigenvalue weighted by molar-refractivity contribution is -0.124. The summed E-state index contributed by atoms with van der Waals surface area (Å²) >= 11 is 0. The molecule has 2 heterocycles. The molecule has 206 valence electrons. The van der Waals surface area contributed by atoms with Crippen LogP contribution in [0, 0.1) is 17.0 Å². The largest absolute Gasteiger partial charge is 0.491 e. The van der Waals surface area contributed by atoms with Crippen molar-refractivity contribution in [2.24, 2.45) is 9.78 Å². The first-order valence-electron chi connectivity index (χ1n) is 11.5. The number of nitrogens with zero attached hydrogens (tertiary/aromatic N) is 3. The molecular formula is C25H30F2N4O6S. The number of nitrogens with one attached hydrogen (secondary N) is 1. The molecule has 1 aliphatic heterocycles. The molecule has 1 aliphatic rings. The van der Waals surface area contributed by atoms with Crippen molar-refractivity contribution in [2.75, 3.05) is 23.6 Å². The van der Waals surface area contributed by atoms with Crippen LogP contribution in [0.15, 0.2) is 39.9 Å². The summed E-state index contributed by atoms with van der Waals surface area (Å²) in [4.78, 5) is 43.8. The van der Waals surface area contributed by atoms with E-state index in [9.17, 15) is 27.4 Å². The maximum Gasteiger partial charge on any atom is 0.442 e. The lowest BCUT2D eigenvalue weighted by Gasteiger charge is -2.26. The molecule has 1 unspecified atom stereocenters. The first-order valence-corrected chi connectivity index (χ1v) is 13.5. The summed E-state index contributed by atoms with van der Waals surface area (Å²) in [6, 6.07) is 3.63. The van der Waals surface area contributed by atoms with Gasteiger partial charge in [0.25, 0.3) is 0 Å². The van der Waals surface area contributed by atoms with Gasteiger partial charge in [-0.1, -0.05) is 13.8 Å². The molecule has 1 N–H and O–H groups in total. The average Bonchev–Trinajstić information content (AvgIpc) is 3.03.